The van der Waals surface area contributed by atoms with E-state index in [0.717, 1.165) is 10.9 Å². The van der Waals surface area contributed by atoms with Crippen molar-refractivity contribution in [3.8, 4) is 0 Å². The molecule has 0 saturated carbocycles. The first-order valence-electron chi connectivity index (χ1n) is 4.87. The molecule has 0 amide bonds. The highest BCUT2D eigenvalue weighted by molar-refractivity contribution is 8.00. The smallest absolute Gasteiger partial charge is 0.399 e. The molecule has 2 rings (SSSR count). The van der Waals surface area contributed by atoms with Gasteiger partial charge in [0.25, 0.3) is 0 Å². The summed E-state index contributed by atoms with van der Waals surface area (Å²) in [5.41, 5.74) is 2.76. The fourth-order valence-corrected chi connectivity index (χ4v) is 2.01. The number of aromatic nitrogens is 2. The summed E-state index contributed by atoms with van der Waals surface area (Å²) in [7, 11) is 0. The van der Waals surface area contributed by atoms with Crippen molar-refractivity contribution in [2.45, 2.75) is 12.1 Å². The number of thioether (sulfide) groups is 1. The van der Waals surface area contributed by atoms with Gasteiger partial charge in [-0.15, -0.1) is 0 Å². The van der Waals surface area contributed by atoms with E-state index in [0.29, 0.717) is 5.69 Å². The van der Waals surface area contributed by atoms with Crippen LogP contribution in [0.15, 0.2) is 24.4 Å². The minimum atomic E-state index is -4.19. The zero-order chi connectivity index (χ0) is 12.5. The highest BCUT2D eigenvalue weighted by Gasteiger charge is 2.27. The number of benzene rings is 1. The van der Waals surface area contributed by atoms with E-state index in [1.165, 1.54) is 4.68 Å². The number of hydrogen-bond donors (Lipinski definition) is 1. The number of hydrogen-bond acceptors (Lipinski definition) is 3. The monoisotopic (exact) mass is 261 g/mol. The Balaban J connectivity index is 2.11. The Kier molecular flexibility index (Phi) is 3.19. The van der Waals surface area contributed by atoms with E-state index in [9.17, 15) is 13.2 Å². The Labute approximate surface area is 99.8 Å². The van der Waals surface area contributed by atoms with Crippen LogP contribution in [0.25, 0.3) is 10.9 Å². The van der Waals surface area contributed by atoms with Crippen molar-refractivity contribution < 1.29 is 13.2 Å². The highest BCUT2D eigenvalue weighted by Crippen LogP contribution is 2.30. The van der Waals surface area contributed by atoms with Crippen LogP contribution in [0.5, 0.6) is 0 Å². The molecule has 0 bridgehead atoms. The number of aryl methyl sites for hydroxylation is 1. The molecule has 0 atom stereocenters. The third-order valence-corrected chi connectivity index (χ3v) is 2.95. The third kappa shape index (κ3) is 3.06. The second kappa shape index (κ2) is 4.48. The lowest BCUT2D eigenvalue weighted by Crippen LogP contribution is -2.07. The third-order valence-electron chi connectivity index (χ3n) is 2.24. The molecule has 2 aromatic rings. The molecule has 7 heteroatoms. The predicted octanol–water partition coefficient (Wildman–Crippen LogP) is 2.87. The minimum Gasteiger partial charge on any atom is -0.399 e. The van der Waals surface area contributed by atoms with Gasteiger partial charge in [0.2, 0.25) is 0 Å². The molecule has 0 saturated heterocycles. The maximum Gasteiger partial charge on any atom is 0.441 e. The van der Waals surface area contributed by atoms with E-state index < -0.39 is 5.51 Å². The first-order chi connectivity index (χ1) is 7.96. The van der Waals surface area contributed by atoms with Crippen molar-refractivity contribution >= 4 is 28.4 Å². The summed E-state index contributed by atoms with van der Waals surface area (Å²) in [4.78, 5) is 0. The summed E-state index contributed by atoms with van der Waals surface area (Å²) >= 11 is -0.0475. The van der Waals surface area contributed by atoms with Crippen molar-refractivity contribution in [1.82, 2.24) is 9.78 Å². The quantitative estimate of drug-likeness (QED) is 0.864. The van der Waals surface area contributed by atoms with Crippen molar-refractivity contribution in [2.24, 2.45) is 0 Å². The van der Waals surface area contributed by atoms with Gasteiger partial charge >= 0.3 is 5.51 Å². The van der Waals surface area contributed by atoms with E-state index in [4.69, 9.17) is 5.73 Å². The number of rotatable bonds is 3. The maximum absolute atomic E-state index is 12.0. The second-order valence-corrected chi connectivity index (χ2v) is 4.64. The number of nitrogen functional groups attached to an aromatic ring is 1. The summed E-state index contributed by atoms with van der Waals surface area (Å²) in [5, 5.41) is 4.91. The Morgan fingerprint density at radius 2 is 2.12 bits per heavy atom. The van der Waals surface area contributed by atoms with Crippen molar-refractivity contribution in [2.75, 3.05) is 11.5 Å². The maximum atomic E-state index is 12.0. The molecule has 0 spiro atoms. The summed E-state index contributed by atoms with van der Waals surface area (Å²) < 4.78 is 37.5. The van der Waals surface area contributed by atoms with Crippen LogP contribution >= 0.6 is 11.8 Å². The van der Waals surface area contributed by atoms with Crippen LogP contribution in [-0.4, -0.2) is 21.0 Å². The molecule has 0 aliphatic heterocycles. The lowest BCUT2D eigenvalue weighted by Gasteiger charge is -2.06. The van der Waals surface area contributed by atoms with Crippen LogP contribution < -0.4 is 5.73 Å². The van der Waals surface area contributed by atoms with Crippen molar-refractivity contribution in [3.05, 3.63) is 24.4 Å². The van der Waals surface area contributed by atoms with Crippen LogP contribution in [0.3, 0.4) is 0 Å². The van der Waals surface area contributed by atoms with Crippen LogP contribution in [0.1, 0.15) is 0 Å². The molecule has 1 heterocycles. The first-order valence-corrected chi connectivity index (χ1v) is 5.86. The van der Waals surface area contributed by atoms with Crippen LogP contribution in [0.2, 0.25) is 0 Å². The van der Waals surface area contributed by atoms with Gasteiger partial charge < -0.3 is 5.73 Å². The van der Waals surface area contributed by atoms with Gasteiger partial charge in [-0.3, -0.25) is 4.68 Å². The van der Waals surface area contributed by atoms with E-state index in [1.54, 1.807) is 24.4 Å². The standard InChI is InChI=1S/C10H10F3N3S/c11-10(12,13)17-4-3-16-9-5-8(14)2-1-7(9)6-15-16/h1-2,5-6H,3-4,14H2. The van der Waals surface area contributed by atoms with Gasteiger partial charge in [0.1, 0.15) is 0 Å². The van der Waals surface area contributed by atoms with Gasteiger partial charge in [-0.2, -0.15) is 18.3 Å². The number of nitrogens with zero attached hydrogens (tertiary/aromatic N) is 2. The predicted molar refractivity (Wildman–Crippen MR) is 62.7 cm³/mol. The molecule has 0 radical (unpaired) electrons. The van der Waals surface area contributed by atoms with Gasteiger partial charge in [0, 0.05) is 16.8 Å². The van der Waals surface area contributed by atoms with E-state index in [-0.39, 0.29) is 24.1 Å². The molecule has 3 nitrogen and oxygen atoms in total. The summed E-state index contributed by atoms with van der Waals surface area (Å²) in [6.07, 6.45) is 1.62. The molecular formula is C10H10F3N3S. The second-order valence-electron chi connectivity index (χ2n) is 3.48. The van der Waals surface area contributed by atoms with Crippen LogP contribution in [0.4, 0.5) is 18.9 Å². The molecule has 0 aliphatic rings. The lowest BCUT2D eigenvalue weighted by molar-refractivity contribution is -0.0328. The normalized spacial score (nSPS) is 12.2. The van der Waals surface area contributed by atoms with E-state index in [2.05, 4.69) is 5.10 Å². The molecule has 92 valence electrons. The minimum absolute atomic E-state index is 0.0475. The number of fused-ring (bicyclic) bond motifs is 1. The average molecular weight is 261 g/mol. The molecular weight excluding hydrogens is 251 g/mol. The fraction of sp³-hybridized carbons (Fsp3) is 0.300. The van der Waals surface area contributed by atoms with Gasteiger partial charge in [0.05, 0.1) is 18.3 Å². The molecule has 1 aromatic heterocycles. The van der Waals surface area contributed by atoms with E-state index >= 15 is 0 Å². The number of nitrogens with two attached hydrogens (primary N) is 1. The molecule has 2 N–H and O–H groups in total. The largest absolute Gasteiger partial charge is 0.441 e. The molecule has 17 heavy (non-hydrogen) atoms. The topological polar surface area (TPSA) is 43.8 Å². The van der Waals surface area contributed by atoms with Gasteiger partial charge in [-0.25, -0.2) is 0 Å². The Hall–Kier alpha value is -1.37. The Morgan fingerprint density at radius 3 is 2.82 bits per heavy atom. The van der Waals surface area contributed by atoms with E-state index in [1.807, 2.05) is 0 Å². The SMILES string of the molecule is Nc1ccc2cnn(CCSC(F)(F)F)c2c1. The Morgan fingerprint density at radius 1 is 1.35 bits per heavy atom. The summed E-state index contributed by atoms with van der Waals surface area (Å²) in [6.45, 7) is 0.205. The highest BCUT2D eigenvalue weighted by atomic mass is 32.2. The zero-order valence-corrected chi connectivity index (χ0v) is 9.55. The van der Waals surface area contributed by atoms with Gasteiger partial charge in [-0.1, -0.05) is 0 Å². The van der Waals surface area contributed by atoms with Gasteiger partial charge in [-0.05, 0) is 30.0 Å². The zero-order valence-electron chi connectivity index (χ0n) is 8.74. The lowest BCUT2D eigenvalue weighted by atomic mass is 10.2. The van der Waals surface area contributed by atoms with Crippen LogP contribution in [0, 0.1) is 0 Å². The van der Waals surface area contributed by atoms with Crippen LogP contribution in [-0.2, 0) is 6.54 Å². The molecule has 0 unspecified atom stereocenters. The number of anilines is 1. The summed E-state index contributed by atoms with van der Waals surface area (Å²) in [6, 6.07) is 5.24. The van der Waals surface area contributed by atoms with Gasteiger partial charge in [0.15, 0.2) is 0 Å². The van der Waals surface area contributed by atoms with Crippen molar-refractivity contribution in [3.63, 3.8) is 0 Å². The average Bonchev–Trinajstić information content (AvgIpc) is 2.59. The number of halogens is 3. The molecule has 1 aromatic carbocycles. The number of alkyl halides is 3. The molecule has 0 fully saturated rings. The molecule has 0 aliphatic carbocycles. The van der Waals surface area contributed by atoms with Crippen molar-refractivity contribution in [1.29, 1.82) is 0 Å². The Bertz CT molecular complexity index is 521. The summed E-state index contributed by atoms with van der Waals surface area (Å²) in [5.74, 6) is -0.0604. The first kappa shape index (κ1) is 12.1. The fourth-order valence-electron chi connectivity index (χ4n) is 1.51.